The average Bonchev–Trinajstić information content (AvgIpc) is 3.79. The van der Waals surface area contributed by atoms with Crippen molar-refractivity contribution in [2.45, 2.75) is 128 Å². The first-order valence-corrected chi connectivity index (χ1v) is 19.2. The van der Waals surface area contributed by atoms with Crippen molar-refractivity contribution in [2.24, 2.45) is 23.7 Å². The number of hydrogen-bond donors (Lipinski definition) is 4. The number of aliphatic hydroxyl groups excluding tert-OH is 2. The minimum Gasteiger partial charge on any atom is -0.462 e. The topological polar surface area (TPSA) is 183 Å². The van der Waals surface area contributed by atoms with Crippen LogP contribution < -0.4 is 0 Å². The van der Waals surface area contributed by atoms with E-state index < -0.39 is 77.9 Å². The van der Waals surface area contributed by atoms with Crippen LogP contribution in [0.25, 0.3) is 0 Å². The largest absolute Gasteiger partial charge is 0.462 e. The van der Waals surface area contributed by atoms with Gasteiger partial charge in [-0.25, -0.2) is 4.79 Å². The van der Waals surface area contributed by atoms with Crippen LogP contribution in [-0.4, -0.2) is 106 Å². The molecular weight excluding hydrogens is 698 g/mol. The van der Waals surface area contributed by atoms with Crippen molar-refractivity contribution in [3.05, 3.63) is 71.1 Å². The van der Waals surface area contributed by atoms with Gasteiger partial charge in [0.2, 0.25) is 5.79 Å². The maximum absolute atomic E-state index is 14.5. The maximum atomic E-state index is 14.5. The molecule has 0 amide bonds. The smallest absolute Gasteiger partial charge is 0.355 e. The summed E-state index contributed by atoms with van der Waals surface area (Å²) in [4.78, 5) is 43.0. The van der Waals surface area contributed by atoms with Gasteiger partial charge in [0.05, 0.1) is 24.7 Å². The van der Waals surface area contributed by atoms with E-state index in [-0.39, 0.29) is 55.1 Å². The van der Waals surface area contributed by atoms with Gasteiger partial charge in [-0.3, -0.25) is 9.59 Å². The molecule has 0 saturated carbocycles. The minimum absolute atomic E-state index is 0.0572. The third-order valence-corrected chi connectivity index (χ3v) is 11.8. The molecule has 4 N–H and O–H groups in total. The van der Waals surface area contributed by atoms with Gasteiger partial charge in [-0.15, -0.1) is 0 Å². The van der Waals surface area contributed by atoms with Gasteiger partial charge in [0, 0.05) is 25.0 Å². The number of allylic oxidation sites excluding steroid dienone is 4. The number of hydrogen-bond acceptors (Lipinski definition) is 12. The van der Waals surface area contributed by atoms with E-state index in [4.69, 9.17) is 28.4 Å². The molecule has 13 atom stereocenters. The Hall–Kier alpha value is -3.59. The van der Waals surface area contributed by atoms with Crippen molar-refractivity contribution in [3.63, 3.8) is 0 Å². The Morgan fingerprint density at radius 1 is 1.15 bits per heavy atom. The zero-order chi connectivity index (χ0) is 38.9. The van der Waals surface area contributed by atoms with Crippen molar-refractivity contribution >= 4 is 17.9 Å². The van der Waals surface area contributed by atoms with Crippen LogP contribution in [0.1, 0.15) is 84.1 Å². The Balaban J connectivity index is 1.36. The first-order valence-electron chi connectivity index (χ1n) is 19.2. The fourth-order valence-electron chi connectivity index (χ4n) is 8.24. The van der Waals surface area contributed by atoms with Crippen molar-refractivity contribution in [2.75, 3.05) is 13.2 Å². The predicted octanol–water partition coefficient (Wildman–Crippen LogP) is 4.24. The number of aromatic nitrogens is 1. The van der Waals surface area contributed by atoms with Crippen LogP contribution in [0.15, 0.2) is 65.4 Å². The third kappa shape index (κ3) is 7.89. The molecule has 1 aliphatic carbocycles. The van der Waals surface area contributed by atoms with E-state index in [1.54, 1.807) is 31.3 Å². The summed E-state index contributed by atoms with van der Waals surface area (Å²) in [5, 5.41) is 35.9. The van der Waals surface area contributed by atoms with Gasteiger partial charge < -0.3 is 48.7 Å². The first-order chi connectivity index (χ1) is 25.7. The summed E-state index contributed by atoms with van der Waals surface area (Å²) in [6.07, 6.45) is 5.61. The molecule has 3 fully saturated rings. The number of H-pyrrole nitrogens is 1. The molecule has 6 rings (SSSR count). The van der Waals surface area contributed by atoms with Crippen molar-refractivity contribution in [3.8, 4) is 0 Å². The zero-order valence-electron chi connectivity index (χ0n) is 31.9. The van der Waals surface area contributed by atoms with Gasteiger partial charge >= 0.3 is 17.9 Å². The lowest BCUT2D eigenvalue weighted by molar-refractivity contribution is -0.383. The summed E-state index contributed by atoms with van der Waals surface area (Å²) in [6, 6.07) is 3.20. The number of aliphatic hydroxyl groups is 3. The summed E-state index contributed by atoms with van der Waals surface area (Å²) in [5.41, 5.74) is -0.106. The van der Waals surface area contributed by atoms with Gasteiger partial charge in [0.15, 0.2) is 0 Å². The molecule has 5 heterocycles. The standard InChI is InChI=1S/C41H55NO12/c1-7-24(4)37(45)52-34-25(5)26(6)53-40(35(34)44)19-30-18-29(54-40)14-13-23(3)16-22(2)10-8-11-28-21-49-36-33(43)27(17-31(38(46)51-30)41(28,36)48)20-50-39(47)32-12-9-15-42-32/h8-13,15,17,22,24-26,29-31,33-36,42-44,48H,7,14,16,18-21H2,1-6H3/b10-8+,23-13+,28-11+/t22-,24?,25+,26+,29+,30-,31-,33+,34-,35+,36+,40+,41+/m0/s1. The number of esters is 3. The summed E-state index contributed by atoms with van der Waals surface area (Å²) in [5.74, 6) is -5.56. The second-order valence-electron chi connectivity index (χ2n) is 15.8. The quantitative estimate of drug-likeness (QED) is 0.185. The van der Waals surface area contributed by atoms with E-state index >= 15 is 0 Å². The van der Waals surface area contributed by atoms with E-state index in [2.05, 4.69) is 18.0 Å². The summed E-state index contributed by atoms with van der Waals surface area (Å²) in [7, 11) is 0. The normalized spacial score (nSPS) is 41.6. The molecule has 296 valence electrons. The molecule has 3 saturated heterocycles. The Morgan fingerprint density at radius 2 is 1.93 bits per heavy atom. The number of carbonyl (C=O) groups excluding carboxylic acids is 3. The van der Waals surface area contributed by atoms with Crippen molar-refractivity contribution in [1.29, 1.82) is 0 Å². The second kappa shape index (κ2) is 16.3. The highest BCUT2D eigenvalue weighted by Crippen LogP contribution is 2.48. The lowest BCUT2D eigenvalue weighted by Crippen LogP contribution is -2.67. The number of fused-ring (bicyclic) bond motifs is 2. The van der Waals surface area contributed by atoms with Gasteiger partial charge in [-0.05, 0) is 62.3 Å². The molecular formula is C41H55NO12. The molecule has 0 aromatic carbocycles. The first kappa shape index (κ1) is 40.1. The monoisotopic (exact) mass is 753 g/mol. The van der Waals surface area contributed by atoms with Crippen LogP contribution in [0, 0.1) is 23.7 Å². The molecule has 13 heteroatoms. The molecule has 0 radical (unpaired) electrons. The molecule has 4 aliphatic heterocycles. The number of nitrogens with one attached hydrogen (secondary N) is 1. The van der Waals surface area contributed by atoms with Crippen LogP contribution in [0.4, 0.5) is 0 Å². The summed E-state index contributed by atoms with van der Waals surface area (Å²) in [6.45, 7) is 11.0. The van der Waals surface area contributed by atoms with Crippen LogP contribution >= 0.6 is 0 Å². The molecule has 1 spiro atoms. The summed E-state index contributed by atoms with van der Waals surface area (Å²) >= 11 is 0. The van der Waals surface area contributed by atoms with Crippen LogP contribution in [0.3, 0.4) is 0 Å². The zero-order valence-corrected chi connectivity index (χ0v) is 31.9. The number of aromatic amines is 1. The third-order valence-electron chi connectivity index (χ3n) is 11.8. The highest BCUT2D eigenvalue weighted by atomic mass is 16.7. The second-order valence-corrected chi connectivity index (χ2v) is 15.8. The van der Waals surface area contributed by atoms with E-state index in [0.29, 0.717) is 18.4 Å². The lowest BCUT2D eigenvalue weighted by Gasteiger charge is -2.53. The average molecular weight is 754 g/mol. The van der Waals surface area contributed by atoms with E-state index in [0.717, 1.165) is 12.0 Å². The number of rotatable bonds is 6. The van der Waals surface area contributed by atoms with Gasteiger partial charge in [-0.2, -0.15) is 0 Å². The van der Waals surface area contributed by atoms with Crippen molar-refractivity contribution < 1.29 is 58.1 Å². The fourth-order valence-corrected chi connectivity index (χ4v) is 8.24. The van der Waals surface area contributed by atoms with Crippen molar-refractivity contribution in [1.82, 2.24) is 4.98 Å². The number of ether oxygens (including phenoxy) is 6. The molecule has 1 aromatic heterocycles. The molecule has 2 bridgehead atoms. The predicted molar refractivity (Wildman–Crippen MR) is 194 cm³/mol. The summed E-state index contributed by atoms with van der Waals surface area (Å²) < 4.78 is 36.8. The van der Waals surface area contributed by atoms with E-state index in [1.807, 2.05) is 39.8 Å². The van der Waals surface area contributed by atoms with Crippen LogP contribution in [0.5, 0.6) is 0 Å². The number of carbonyl (C=O) groups is 3. The van der Waals surface area contributed by atoms with E-state index in [1.165, 1.54) is 6.08 Å². The Kier molecular flexibility index (Phi) is 12.1. The van der Waals surface area contributed by atoms with Gasteiger partial charge in [0.1, 0.15) is 54.3 Å². The Bertz CT molecular complexity index is 1660. The molecule has 54 heavy (non-hydrogen) atoms. The minimum atomic E-state index is -1.99. The highest BCUT2D eigenvalue weighted by Gasteiger charge is 2.62. The van der Waals surface area contributed by atoms with E-state index in [9.17, 15) is 29.7 Å². The molecule has 5 aliphatic rings. The molecule has 1 unspecified atom stereocenters. The van der Waals surface area contributed by atoms with Gasteiger partial charge in [-0.1, -0.05) is 63.6 Å². The van der Waals surface area contributed by atoms with Crippen LogP contribution in [-0.2, 0) is 38.0 Å². The SMILES string of the molecule is CCC(C)C(=O)O[C@H]1[C@H](C)[C@@H](C)O[C@@]2(C[C@@H]3C[C@@H](C/C=C(\C)C[C@@H](C)/C=C/C=C4\CO[C@@H]5[C@H](O)C(COC(=O)c6ccc[nH]6)=C[C@@H](C(=O)O3)[C@]45O)O2)[C@@H]1O. The maximum Gasteiger partial charge on any atom is 0.355 e. The van der Waals surface area contributed by atoms with Gasteiger partial charge in [0.25, 0.3) is 0 Å². The highest BCUT2D eigenvalue weighted by molar-refractivity contribution is 5.87. The molecule has 13 nitrogen and oxygen atoms in total. The molecule has 1 aromatic rings. The lowest BCUT2D eigenvalue weighted by atomic mass is 9.70. The Morgan fingerprint density at radius 3 is 2.65 bits per heavy atom. The Labute approximate surface area is 316 Å². The fraction of sp³-hybridized carbons (Fsp3) is 0.634. The van der Waals surface area contributed by atoms with Crippen LogP contribution in [0.2, 0.25) is 0 Å².